The summed E-state index contributed by atoms with van der Waals surface area (Å²) < 4.78 is 7.82. The molecule has 6 heteroatoms. The van der Waals surface area contributed by atoms with Gasteiger partial charge in [-0.25, -0.2) is 4.98 Å². The molecule has 0 aliphatic heterocycles. The molecule has 0 spiro atoms. The van der Waals surface area contributed by atoms with E-state index in [1.54, 1.807) is 16.2 Å². The van der Waals surface area contributed by atoms with E-state index in [9.17, 15) is 4.79 Å². The second-order valence-corrected chi connectivity index (χ2v) is 7.87. The van der Waals surface area contributed by atoms with E-state index in [4.69, 9.17) is 4.74 Å². The zero-order chi connectivity index (χ0) is 18.7. The Hall–Kier alpha value is -2.34. The van der Waals surface area contributed by atoms with Crippen molar-refractivity contribution in [3.05, 3.63) is 52.3 Å². The Morgan fingerprint density at radius 3 is 2.88 bits per heavy atom. The number of hydrogen-bond donors (Lipinski definition) is 0. The fourth-order valence-corrected chi connectivity index (χ4v) is 3.81. The van der Waals surface area contributed by atoms with Gasteiger partial charge in [-0.05, 0) is 44.9 Å². The summed E-state index contributed by atoms with van der Waals surface area (Å²) in [6, 6.07) is 7.96. The fraction of sp³-hybridized carbons (Fsp3) is 0.400. The molecule has 26 heavy (non-hydrogen) atoms. The summed E-state index contributed by atoms with van der Waals surface area (Å²) >= 11 is 1.67. The van der Waals surface area contributed by atoms with Crippen molar-refractivity contribution < 1.29 is 9.53 Å². The first-order chi connectivity index (χ1) is 12.4. The molecule has 1 aromatic carbocycles. The van der Waals surface area contributed by atoms with Gasteiger partial charge in [0.15, 0.2) is 4.96 Å². The van der Waals surface area contributed by atoms with Crippen LogP contribution in [0.5, 0.6) is 5.75 Å². The van der Waals surface area contributed by atoms with E-state index in [0.29, 0.717) is 26.0 Å². The third-order valence-electron chi connectivity index (χ3n) is 4.35. The number of carbonyl (C=O) groups is 1. The minimum absolute atomic E-state index is 0.124. The number of fused-ring (bicyclic) bond motifs is 1. The molecule has 0 unspecified atom stereocenters. The maximum Gasteiger partial charge on any atom is 0.222 e. The van der Waals surface area contributed by atoms with E-state index >= 15 is 0 Å². The molecule has 0 radical (unpaired) electrons. The first-order valence-electron chi connectivity index (χ1n) is 8.81. The number of aryl methyl sites for hydroxylation is 3. The molecule has 138 valence electrons. The van der Waals surface area contributed by atoms with Gasteiger partial charge in [0.05, 0.1) is 24.5 Å². The molecule has 0 aliphatic carbocycles. The summed E-state index contributed by atoms with van der Waals surface area (Å²) in [5.74, 6) is 0.982. The zero-order valence-corrected chi connectivity index (χ0v) is 16.6. The average Bonchev–Trinajstić information content (AvgIpc) is 3.08. The fourth-order valence-electron chi connectivity index (χ4n) is 2.92. The van der Waals surface area contributed by atoms with Gasteiger partial charge in [0.2, 0.25) is 5.91 Å². The third-order valence-corrected chi connectivity index (χ3v) is 5.24. The van der Waals surface area contributed by atoms with Crippen molar-refractivity contribution in [1.29, 1.82) is 0 Å². The Balaban J connectivity index is 1.50. The van der Waals surface area contributed by atoms with E-state index in [0.717, 1.165) is 22.1 Å². The van der Waals surface area contributed by atoms with Crippen molar-refractivity contribution in [1.82, 2.24) is 14.3 Å². The lowest BCUT2D eigenvalue weighted by Crippen LogP contribution is -2.27. The number of carbonyl (C=O) groups excluding carboxylic acids is 1. The van der Waals surface area contributed by atoms with Gasteiger partial charge in [-0.15, -0.1) is 11.3 Å². The van der Waals surface area contributed by atoms with Crippen LogP contribution in [-0.2, 0) is 11.3 Å². The molecule has 1 amide bonds. The second kappa shape index (κ2) is 7.91. The molecular formula is C20H25N3O2S. The van der Waals surface area contributed by atoms with Crippen LogP contribution in [0.25, 0.3) is 4.96 Å². The van der Waals surface area contributed by atoms with E-state index in [1.807, 2.05) is 45.2 Å². The van der Waals surface area contributed by atoms with Crippen LogP contribution in [0.4, 0.5) is 0 Å². The van der Waals surface area contributed by atoms with Crippen molar-refractivity contribution in [3.63, 3.8) is 0 Å². The lowest BCUT2D eigenvalue weighted by atomic mass is 10.2. The molecular weight excluding hydrogens is 346 g/mol. The molecule has 2 aromatic heterocycles. The lowest BCUT2D eigenvalue weighted by Gasteiger charge is -2.17. The number of benzene rings is 1. The summed E-state index contributed by atoms with van der Waals surface area (Å²) in [6.07, 6.45) is 3.27. The van der Waals surface area contributed by atoms with Crippen molar-refractivity contribution in [3.8, 4) is 5.75 Å². The molecule has 0 N–H and O–H groups in total. The lowest BCUT2D eigenvalue weighted by molar-refractivity contribution is -0.130. The number of amides is 1. The molecule has 3 rings (SSSR count). The van der Waals surface area contributed by atoms with Crippen LogP contribution >= 0.6 is 11.3 Å². The van der Waals surface area contributed by atoms with Gasteiger partial charge < -0.3 is 9.64 Å². The van der Waals surface area contributed by atoms with Gasteiger partial charge in [-0.3, -0.25) is 9.20 Å². The molecule has 0 atom stereocenters. The van der Waals surface area contributed by atoms with Crippen LogP contribution in [0, 0.1) is 20.8 Å². The van der Waals surface area contributed by atoms with Crippen LogP contribution in [0.2, 0.25) is 0 Å². The van der Waals surface area contributed by atoms with Crippen LogP contribution in [0.15, 0.2) is 30.5 Å². The number of hydrogen-bond acceptors (Lipinski definition) is 4. The Bertz CT molecular complexity index is 913. The predicted octanol–water partition coefficient (Wildman–Crippen LogP) is 4.14. The largest absolute Gasteiger partial charge is 0.494 e. The third kappa shape index (κ3) is 4.25. The maximum atomic E-state index is 12.4. The molecule has 3 aromatic rings. The maximum absolute atomic E-state index is 12.4. The van der Waals surface area contributed by atoms with E-state index in [-0.39, 0.29) is 5.91 Å². The number of imidazole rings is 1. The van der Waals surface area contributed by atoms with Gasteiger partial charge in [0.1, 0.15) is 5.75 Å². The summed E-state index contributed by atoms with van der Waals surface area (Å²) in [5, 5.41) is 0. The van der Waals surface area contributed by atoms with Gasteiger partial charge in [0, 0.05) is 24.5 Å². The number of nitrogens with zero attached hydrogens (tertiary/aromatic N) is 3. The van der Waals surface area contributed by atoms with Crippen molar-refractivity contribution in [2.45, 2.75) is 40.2 Å². The normalized spacial score (nSPS) is 11.1. The molecule has 0 fully saturated rings. The van der Waals surface area contributed by atoms with Gasteiger partial charge in [-0.1, -0.05) is 12.1 Å². The monoisotopic (exact) mass is 371 g/mol. The molecule has 0 saturated heterocycles. The highest BCUT2D eigenvalue weighted by Crippen LogP contribution is 2.21. The Morgan fingerprint density at radius 1 is 1.31 bits per heavy atom. The van der Waals surface area contributed by atoms with Crippen LogP contribution in [0.1, 0.15) is 34.7 Å². The summed E-state index contributed by atoms with van der Waals surface area (Å²) in [7, 11) is 1.85. The predicted molar refractivity (Wildman–Crippen MR) is 105 cm³/mol. The molecule has 0 saturated carbocycles. The molecule has 0 bridgehead atoms. The number of rotatable bonds is 7. The van der Waals surface area contributed by atoms with E-state index < -0.39 is 0 Å². The zero-order valence-electron chi connectivity index (χ0n) is 15.8. The first kappa shape index (κ1) is 18.5. The number of thiazole rings is 1. The molecule has 0 aliphatic rings. The summed E-state index contributed by atoms with van der Waals surface area (Å²) in [4.78, 5) is 21.0. The van der Waals surface area contributed by atoms with E-state index in [1.165, 1.54) is 10.4 Å². The number of ether oxygens (including phenoxy) is 1. The highest BCUT2D eigenvalue weighted by Gasteiger charge is 2.16. The van der Waals surface area contributed by atoms with Crippen molar-refractivity contribution in [2.75, 3.05) is 13.7 Å². The highest BCUT2D eigenvalue weighted by atomic mass is 32.1. The van der Waals surface area contributed by atoms with Gasteiger partial charge in [-0.2, -0.15) is 0 Å². The van der Waals surface area contributed by atoms with Crippen molar-refractivity contribution >= 4 is 22.2 Å². The highest BCUT2D eigenvalue weighted by molar-refractivity contribution is 7.17. The Labute approximate surface area is 158 Å². The molecule has 2 heterocycles. The SMILES string of the molecule is Cc1cccc(OCCCC(=O)N(C)Cc2c(C)nc3sc(C)cn23)c1. The Kier molecular flexibility index (Phi) is 5.61. The first-order valence-corrected chi connectivity index (χ1v) is 9.63. The quantitative estimate of drug-likeness (QED) is 0.587. The smallest absolute Gasteiger partial charge is 0.222 e. The van der Waals surface area contributed by atoms with Crippen molar-refractivity contribution in [2.24, 2.45) is 0 Å². The van der Waals surface area contributed by atoms with Crippen LogP contribution in [-0.4, -0.2) is 33.8 Å². The standard InChI is InChI=1S/C20H25N3O2S/c1-14-7-5-8-17(11-14)25-10-6-9-19(24)22(4)13-18-16(3)21-20-23(18)12-15(2)26-20/h5,7-8,11-12H,6,9-10,13H2,1-4H3. The molecule has 5 nitrogen and oxygen atoms in total. The Morgan fingerprint density at radius 2 is 2.12 bits per heavy atom. The minimum Gasteiger partial charge on any atom is -0.494 e. The summed E-state index contributed by atoms with van der Waals surface area (Å²) in [6.45, 7) is 7.22. The second-order valence-electron chi connectivity index (χ2n) is 6.66. The summed E-state index contributed by atoms with van der Waals surface area (Å²) in [5.41, 5.74) is 3.24. The van der Waals surface area contributed by atoms with Crippen LogP contribution in [0.3, 0.4) is 0 Å². The van der Waals surface area contributed by atoms with E-state index in [2.05, 4.69) is 22.5 Å². The topological polar surface area (TPSA) is 46.8 Å². The minimum atomic E-state index is 0.124. The number of aromatic nitrogens is 2. The average molecular weight is 372 g/mol. The van der Waals surface area contributed by atoms with Gasteiger partial charge >= 0.3 is 0 Å². The van der Waals surface area contributed by atoms with Gasteiger partial charge in [0.25, 0.3) is 0 Å². The van der Waals surface area contributed by atoms with Crippen LogP contribution < -0.4 is 4.74 Å².